The molecule has 0 saturated heterocycles. The van der Waals surface area contributed by atoms with E-state index in [-0.39, 0.29) is 5.91 Å². The third kappa shape index (κ3) is 4.96. The molecule has 0 fully saturated rings. The third-order valence-corrected chi connectivity index (χ3v) is 2.81. The van der Waals surface area contributed by atoms with Crippen molar-refractivity contribution in [2.45, 2.75) is 33.3 Å². The fourth-order valence-corrected chi connectivity index (χ4v) is 1.72. The molecule has 1 amide bonds. The monoisotopic (exact) mass is 276 g/mol. The minimum Gasteiger partial charge on any atom is -0.481 e. The zero-order valence-corrected chi connectivity index (χ0v) is 12.5. The van der Waals surface area contributed by atoms with Crippen LogP contribution in [0.2, 0.25) is 0 Å². The lowest BCUT2D eigenvalue weighted by molar-refractivity contribution is -0.127. The smallest absolute Gasteiger partial charge is 0.260 e. The summed E-state index contributed by atoms with van der Waals surface area (Å²) in [5, 5.41) is 2.86. The summed E-state index contributed by atoms with van der Waals surface area (Å²) in [5.74, 6) is 0.977. The summed E-state index contributed by atoms with van der Waals surface area (Å²) in [4.78, 5) is 11.9. The number of hydrogen-bond acceptors (Lipinski definition) is 3. The van der Waals surface area contributed by atoms with Gasteiger partial charge in [-0.15, -0.1) is 6.58 Å². The van der Waals surface area contributed by atoms with E-state index in [0.29, 0.717) is 30.3 Å². The Balaban J connectivity index is 2.71. The van der Waals surface area contributed by atoms with Crippen LogP contribution in [0.5, 0.6) is 5.75 Å². The lowest BCUT2D eigenvalue weighted by atomic mass is 10.1. The summed E-state index contributed by atoms with van der Waals surface area (Å²) in [6.07, 6.45) is 1.90. The van der Waals surface area contributed by atoms with E-state index in [1.165, 1.54) is 0 Å². The van der Waals surface area contributed by atoms with Gasteiger partial charge in [0.05, 0.1) is 0 Å². The van der Waals surface area contributed by atoms with Gasteiger partial charge < -0.3 is 15.8 Å². The highest BCUT2D eigenvalue weighted by molar-refractivity contribution is 5.80. The van der Waals surface area contributed by atoms with Gasteiger partial charge in [0.2, 0.25) is 0 Å². The van der Waals surface area contributed by atoms with Crippen molar-refractivity contribution >= 4 is 11.6 Å². The normalized spacial score (nSPS) is 12.0. The van der Waals surface area contributed by atoms with E-state index in [1.54, 1.807) is 25.1 Å². The minimum atomic E-state index is -0.541. The second-order valence-electron chi connectivity index (χ2n) is 5.26. The van der Waals surface area contributed by atoms with Crippen LogP contribution in [0.25, 0.3) is 0 Å². The molecule has 0 aromatic heterocycles. The molecule has 0 radical (unpaired) electrons. The van der Waals surface area contributed by atoms with E-state index in [4.69, 9.17) is 10.5 Å². The maximum absolute atomic E-state index is 11.9. The van der Waals surface area contributed by atoms with E-state index < -0.39 is 6.10 Å². The van der Waals surface area contributed by atoms with Gasteiger partial charge in [-0.1, -0.05) is 19.9 Å². The summed E-state index contributed by atoms with van der Waals surface area (Å²) in [6.45, 7) is 10.2. The molecule has 4 heteroatoms. The molecule has 1 rings (SSSR count). The number of carbonyl (C=O) groups excluding carboxylic acids is 1. The minimum absolute atomic E-state index is 0.111. The molecule has 0 heterocycles. The molecule has 1 aromatic carbocycles. The first-order valence-corrected chi connectivity index (χ1v) is 6.87. The molecule has 0 spiro atoms. The molecule has 0 aliphatic carbocycles. The van der Waals surface area contributed by atoms with Gasteiger partial charge in [-0.2, -0.15) is 0 Å². The lowest BCUT2D eigenvalue weighted by Crippen LogP contribution is -2.38. The summed E-state index contributed by atoms with van der Waals surface area (Å²) in [7, 11) is 0. The van der Waals surface area contributed by atoms with Crippen LogP contribution in [-0.4, -0.2) is 18.6 Å². The second kappa shape index (κ2) is 7.58. The molecule has 1 aromatic rings. The van der Waals surface area contributed by atoms with Crippen molar-refractivity contribution in [1.29, 1.82) is 0 Å². The maximum atomic E-state index is 11.9. The van der Waals surface area contributed by atoms with Crippen LogP contribution in [0, 0.1) is 5.92 Å². The van der Waals surface area contributed by atoms with Crippen LogP contribution in [0.1, 0.15) is 26.3 Å². The van der Waals surface area contributed by atoms with Gasteiger partial charge in [0.25, 0.3) is 5.91 Å². The van der Waals surface area contributed by atoms with Crippen LogP contribution >= 0.6 is 0 Å². The Morgan fingerprint density at radius 3 is 2.75 bits per heavy atom. The molecular weight excluding hydrogens is 252 g/mol. The number of carbonyl (C=O) groups is 1. The number of anilines is 1. The van der Waals surface area contributed by atoms with Crippen molar-refractivity contribution in [3.8, 4) is 5.75 Å². The highest BCUT2D eigenvalue weighted by Gasteiger charge is 2.16. The summed E-state index contributed by atoms with van der Waals surface area (Å²) >= 11 is 0. The standard InChI is InChI=1S/C16H24N2O2/c1-5-6-13-9-14(17)7-8-15(13)20-12(4)16(19)18-10-11(2)3/h5,7-9,11-12H,1,6,10,17H2,2-4H3,(H,18,19). The van der Waals surface area contributed by atoms with Crippen LogP contribution in [0.15, 0.2) is 30.9 Å². The number of allylic oxidation sites excluding steroid dienone is 1. The molecule has 4 nitrogen and oxygen atoms in total. The third-order valence-electron chi connectivity index (χ3n) is 2.81. The van der Waals surface area contributed by atoms with E-state index in [1.807, 2.05) is 19.9 Å². The van der Waals surface area contributed by atoms with Gasteiger partial charge >= 0.3 is 0 Å². The Morgan fingerprint density at radius 2 is 2.15 bits per heavy atom. The summed E-state index contributed by atoms with van der Waals surface area (Å²) in [5.41, 5.74) is 7.37. The topological polar surface area (TPSA) is 64.3 Å². The molecule has 0 bridgehead atoms. The van der Waals surface area contributed by atoms with Crippen LogP contribution in [0.4, 0.5) is 5.69 Å². The molecule has 0 saturated carbocycles. The Labute approximate surface area is 121 Å². The SMILES string of the molecule is C=CCc1cc(N)ccc1OC(C)C(=O)NCC(C)C. The average molecular weight is 276 g/mol. The molecular formula is C16H24N2O2. The molecule has 1 atom stereocenters. The Hall–Kier alpha value is -1.97. The van der Waals surface area contributed by atoms with E-state index in [9.17, 15) is 4.79 Å². The summed E-state index contributed by atoms with van der Waals surface area (Å²) < 4.78 is 5.73. The van der Waals surface area contributed by atoms with Crippen LogP contribution in [0.3, 0.4) is 0 Å². The molecule has 20 heavy (non-hydrogen) atoms. The number of nitrogens with two attached hydrogens (primary N) is 1. The first-order chi connectivity index (χ1) is 9.43. The Kier molecular flexibility index (Phi) is 6.10. The number of rotatable bonds is 7. The molecule has 1 unspecified atom stereocenters. The summed E-state index contributed by atoms with van der Waals surface area (Å²) in [6, 6.07) is 5.40. The first-order valence-electron chi connectivity index (χ1n) is 6.87. The van der Waals surface area contributed by atoms with Gasteiger partial charge in [0.15, 0.2) is 6.10 Å². The van der Waals surface area contributed by atoms with Gasteiger partial charge in [0.1, 0.15) is 5.75 Å². The highest BCUT2D eigenvalue weighted by atomic mass is 16.5. The van der Waals surface area contributed by atoms with Gasteiger partial charge in [0, 0.05) is 12.2 Å². The van der Waals surface area contributed by atoms with E-state index in [2.05, 4.69) is 11.9 Å². The Morgan fingerprint density at radius 1 is 1.45 bits per heavy atom. The van der Waals surface area contributed by atoms with Crippen molar-refractivity contribution in [1.82, 2.24) is 5.32 Å². The second-order valence-corrected chi connectivity index (χ2v) is 5.26. The van der Waals surface area contributed by atoms with Crippen molar-refractivity contribution < 1.29 is 9.53 Å². The van der Waals surface area contributed by atoms with Crippen molar-refractivity contribution in [2.24, 2.45) is 5.92 Å². The van der Waals surface area contributed by atoms with Gasteiger partial charge in [-0.3, -0.25) is 4.79 Å². The number of nitrogen functional groups attached to an aromatic ring is 1. The predicted octanol–water partition coefficient (Wildman–Crippen LogP) is 2.54. The number of nitrogens with one attached hydrogen (secondary N) is 1. The van der Waals surface area contributed by atoms with E-state index in [0.717, 1.165) is 5.56 Å². The molecule has 0 aliphatic heterocycles. The van der Waals surface area contributed by atoms with Gasteiger partial charge in [-0.05, 0) is 43.0 Å². The number of ether oxygens (including phenoxy) is 1. The number of hydrogen-bond donors (Lipinski definition) is 2. The predicted molar refractivity (Wildman–Crippen MR) is 82.7 cm³/mol. The molecule has 3 N–H and O–H groups in total. The zero-order chi connectivity index (χ0) is 15.1. The van der Waals surface area contributed by atoms with Crippen molar-refractivity contribution in [2.75, 3.05) is 12.3 Å². The van der Waals surface area contributed by atoms with Crippen LogP contribution in [-0.2, 0) is 11.2 Å². The van der Waals surface area contributed by atoms with Crippen LogP contribution < -0.4 is 15.8 Å². The first kappa shape index (κ1) is 16.1. The van der Waals surface area contributed by atoms with Crippen molar-refractivity contribution in [3.05, 3.63) is 36.4 Å². The largest absolute Gasteiger partial charge is 0.481 e. The van der Waals surface area contributed by atoms with Gasteiger partial charge in [-0.25, -0.2) is 0 Å². The average Bonchev–Trinajstić information content (AvgIpc) is 2.39. The molecule has 0 aliphatic rings. The van der Waals surface area contributed by atoms with E-state index >= 15 is 0 Å². The highest BCUT2D eigenvalue weighted by Crippen LogP contribution is 2.23. The lowest BCUT2D eigenvalue weighted by Gasteiger charge is -2.18. The van der Waals surface area contributed by atoms with Crippen molar-refractivity contribution in [3.63, 3.8) is 0 Å². The fraction of sp³-hybridized carbons (Fsp3) is 0.438. The maximum Gasteiger partial charge on any atom is 0.260 e. The fourth-order valence-electron chi connectivity index (χ4n) is 1.72. The quantitative estimate of drug-likeness (QED) is 0.594. The number of benzene rings is 1. The zero-order valence-electron chi connectivity index (χ0n) is 12.5. The molecule has 110 valence electrons. The Bertz CT molecular complexity index is 470. The number of amides is 1.